The van der Waals surface area contributed by atoms with Crippen molar-refractivity contribution >= 4 is 17.3 Å². The maximum atomic E-state index is 12.9. The number of fused-ring (bicyclic) bond motifs is 1. The second-order valence-corrected chi connectivity index (χ2v) is 7.38. The molecule has 2 aliphatic heterocycles. The van der Waals surface area contributed by atoms with Gasteiger partial charge in [0.1, 0.15) is 5.75 Å². The van der Waals surface area contributed by atoms with Crippen molar-refractivity contribution in [2.45, 2.75) is 19.4 Å². The third-order valence-electron chi connectivity index (χ3n) is 5.72. The van der Waals surface area contributed by atoms with Gasteiger partial charge in [0.05, 0.1) is 13.7 Å². The number of anilines is 2. The molecule has 0 aromatic heterocycles. The van der Waals surface area contributed by atoms with Gasteiger partial charge in [-0.25, -0.2) is 0 Å². The van der Waals surface area contributed by atoms with Crippen LogP contribution in [0.25, 0.3) is 0 Å². The van der Waals surface area contributed by atoms with Gasteiger partial charge in [-0.2, -0.15) is 0 Å². The fourth-order valence-electron chi connectivity index (χ4n) is 4.12. The van der Waals surface area contributed by atoms with E-state index in [4.69, 9.17) is 4.74 Å². The van der Waals surface area contributed by atoms with Gasteiger partial charge in [-0.3, -0.25) is 4.79 Å². The molecule has 1 fully saturated rings. The molecule has 0 unspecified atom stereocenters. The number of hydrogen-bond donors (Lipinski definition) is 0. The van der Waals surface area contributed by atoms with E-state index in [0.717, 1.165) is 38.3 Å². The molecule has 2 aromatic rings. The highest BCUT2D eigenvalue weighted by molar-refractivity contribution is 5.83. The number of benzene rings is 2. The van der Waals surface area contributed by atoms with Crippen molar-refractivity contribution in [2.75, 3.05) is 49.6 Å². The van der Waals surface area contributed by atoms with Crippen LogP contribution in [0, 0.1) is 0 Å². The summed E-state index contributed by atoms with van der Waals surface area (Å²) in [5.74, 6) is 1.10. The summed E-state index contributed by atoms with van der Waals surface area (Å²) in [6.07, 6.45) is 1.02. The first-order chi connectivity index (χ1) is 13.2. The molecule has 0 bridgehead atoms. The van der Waals surface area contributed by atoms with Crippen LogP contribution >= 0.6 is 0 Å². The molecule has 0 radical (unpaired) electrons. The number of carbonyl (C=O) groups excluding carboxylic acids is 1. The molecule has 1 saturated heterocycles. The molecule has 5 heteroatoms. The zero-order valence-electron chi connectivity index (χ0n) is 16.1. The van der Waals surface area contributed by atoms with Crippen LogP contribution < -0.4 is 14.5 Å². The normalized spacial score (nSPS) is 19.2. The summed E-state index contributed by atoms with van der Waals surface area (Å²) >= 11 is 0. The van der Waals surface area contributed by atoms with Crippen LogP contribution in [0.4, 0.5) is 11.4 Å². The monoisotopic (exact) mass is 365 g/mol. The molecule has 4 rings (SSSR count). The van der Waals surface area contributed by atoms with E-state index in [1.807, 2.05) is 17.0 Å². The number of methoxy groups -OCH3 is 1. The summed E-state index contributed by atoms with van der Waals surface area (Å²) in [5, 5.41) is 0. The Morgan fingerprint density at radius 3 is 2.44 bits per heavy atom. The van der Waals surface area contributed by atoms with Crippen molar-refractivity contribution < 1.29 is 9.53 Å². The van der Waals surface area contributed by atoms with Gasteiger partial charge in [0, 0.05) is 43.6 Å². The third kappa shape index (κ3) is 3.59. The molecule has 5 nitrogen and oxygen atoms in total. The first kappa shape index (κ1) is 17.7. The summed E-state index contributed by atoms with van der Waals surface area (Å²) < 4.78 is 5.23. The predicted octanol–water partition coefficient (Wildman–Crippen LogP) is 2.80. The maximum absolute atomic E-state index is 12.9. The van der Waals surface area contributed by atoms with E-state index in [0.29, 0.717) is 12.6 Å². The average Bonchev–Trinajstić information content (AvgIpc) is 3.03. The Bertz CT molecular complexity index is 797. The van der Waals surface area contributed by atoms with Crippen molar-refractivity contribution in [3.63, 3.8) is 0 Å². The van der Waals surface area contributed by atoms with Crippen LogP contribution in [-0.4, -0.2) is 56.7 Å². The van der Waals surface area contributed by atoms with E-state index >= 15 is 0 Å². The second-order valence-electron chi connectivity index (χ2n) is 7.38. The van der Waals surface area contributed by atoms with E-state index in [2.05, 4.69) is 53.1 Å². The second kappa shape index (κ2) is 7.51. The van der Waals surface area contributed by atoms with Crippen molar-refractivity contribution in [3.05, 3.63) is 54.1 Å². The van der Waals surface area contributed by atoms with Crippen molar-refractivity contribution in [3.8, 4) is 5.75 Å². The topological polar surface area (TPSA) is 36.0 Å². The van der Waals surface area contributed by atoms with Gasteiger partial charge in [-0.15, -0.1) is 0 Å². The van der Waals surface area contributed by atoms with E-state index in [1.165, 1.54) is 16.9 Å². The van der Waals surface area contributed by atoms with Crippen molar-refractivity contribution in [1.82, 2.24) is 4.90 Å². The summed E-state index contributed by atoms with van der Waals surface area (Å²) in [6, 6.07) is 17.0. The number of para-hydroxylation sites is 1. The SMILES string of the molecule is COc1ccc(N2CCN(C(=O)CN3c4ccccc4C[C@@H]3C)CC2)cc1. The van der Waals surface area contributed by atoms with Gasteiger partial charge in [0.25, 0.3) is 0 Å². The molecular weight excluding hydrogens is 338 g/mol. The number of carbonyl (C=O) groups is 1. The largest absolute Gasteiger partial charge is 0.497 e. The minimum Gasteiger partial charge on any atom is -0.497 e. The lowest BCUT2D eigenvalue weighted by molar-refractivity contribution is -0.130. The Balaban J connectivity index is 1.35. The molecule has 0 aliphatic carbocycles. The molecule has 0 spiro atoms. The Kier molecular flexibility index (Phi) is 4.92. The zero-order valence-corrected chi connectivity index (χ0v) is 16.1. The number of hydrogen-bond acceptors (Lipinski definition) is 4. The highest BCUT2D eigenvalue weighted by Gasteiger charge is 2.29. The zero-order chi connectivity index (χ0) is 18.8. The molecule has 0 saturated carbocycles. The van der Waals surface area contributed by atoms with E-state index in [-0.39, 0.29) is 5.91 Å². The minimum absolute atomic E-state index is 0.230. The fourth-order valence-corrected chi connectivity index (χ4v) is 4.12. The van der Waals surface area contributed by atoms with Crippen LogP contribution in [0.5, 0.6) is 5.75 Å². The van der Waals surface area contributed by atoms with Gasteiger partial charge >= 0.3 is 0 Å². The van der Waals surface area contributed by atoms with E-state index < -0.39 is 0 Å². The first-order valence-corrected chi connectivity index (χ1v) is 9.67. The van der Waals surface area contributed by atoms with Crippen molar-refractivity contribution in [1.29, 1.82) is 0 Å². The quantitative estimate of drug-likeness (QED) is 0.835. The third-order valence-corrected chi connectivity index (χ3v) is 5.72. The molecule has 142 valence electrons. The van der Waals surface area contributed by atoms with E-state index in [9.17, 15) is 4.79 Å². The Labute approximate surface area is 161 Å². The molecule has 2 aromatic carbocycles. The van der Waals surface area contributed by atoms with Crippen LogP contribution in [-0.2, 0) is 11.2 Å². The lowest BCUT2D eigenvalue weighted by Gasteiger charge is -2.37. The van der Waals surface area contributed by atoms with Crippen molar-refractivity contribution in [2.24, 2.45) is 0 Å². The van der Waals surface area contributed by atoms with Crippen LogP contribution in [0.1, 0.15) is 12.5 Å². The number of piperazine rings is 1. The van der Waals surface area contributed by atoms with E-state index in [1.54, 1.807) is 7.11 Å². The number of amides is 1. The summed E-state index contributed by atoms with van der Waals surface area (Å²) in [5.41, 5.74) is 3.75. The molecule has 0 N–H and O–H groups in total. The molecule has 1 amide bonds. The van der Waals surface area contributed by atoms with Crippen LogP contribution in [0.3, 0.4) is 0 Å². The molecule has 1 atom stereocenters. The average molecular weight is 365 g/mol. The molecule has 2 aliphatic rings. The lowest BCUT2D eigenvalue weighted by Crippen LogP contribution is -2.51. The standard InChI is InChI=1S/C22H27N3O2/c1-17-15-18-5-3-4-6-21(18)25(17)16-22(26)24-13-11-23(12-14-24)19-7-9-20(27-2)10-8-19/h3-10,17H,11-16H2,1-2H3/t17-/m0/s1. The Morgan fingerprint density at radius 2 is 1.74 bits per heavy atom. The lowest BCUT2D eigenvalue weighted by atomic mass is 10.1. The molecule has 2 heterocycles. The Hall–Kier alpha value is -2.69. The summed E-state index contributed by atoms with van der Waals surface area (Å²) in [4.78, 5) is 19.5. The predicted molar refractivity (Wildman–Crippen MR) is 109 cm³/mol. The minimum atomic E-state index is 0.230. The number of rotatable bonds is 4. The maximum Gasteiger partial charge on any atom is 0.242 e. The van der Waals surface area contributed by atoms with Gasteiger partial charge in [-0.05, 0) is 49.2 Å². The molecule has 27 heavy (non-hydrogen) atoms. The Morgan fingerprint density at radius 1 is 1.04 bits per heavy atom. The van der Waals surface area contributed by atoms with Gasteiger partial charge in [0.2, 0.25) is 5.91 Å². The summed E-state index contributed by atoms with van der Waals surface area (Å²) in [6.45, 7) is 5.95. The molecular formula is C22H27N3O2. The van der Waals surface area contributed by atoms with Crippen LogP contribution in [0.15, 0.2) is 48.5 Å². The van der Waals surface area contributed by atoms with Gasteiger partial charge < -0.3 is 19.4 Å². The van der Waals surface area contributed by atoms with Crippen LogP contribution in [0.2, 0.25) is 0 Å². The smallest absolute Gasteiger partial charge is 0.242 e. The number of ether oxygens (including phenoxy) is 1. The highest BCUT2D eigenvalue weighted by atomic mass is 16.5. The first-order valence-electron chi connectivity index (χ1n) is 9.67. The van der Waals surface area contributed by atoms with Gasteiger partial charge in [-0.1, -0.05) is 18.2 Å². The highest BCUT2D eigenvalue weighted by Crippen LogP contribution is 2.31. The fraction of sp³-hybridized carbons (Fsp3) is 0.409. The van der Waals surface area contributed by atoms with Gasteiger partial charge in [0.15, 0.2) is 0 Å². The summed E-state index contributed by atoms with van der Waals surface area (Å²) in [7, 11) is 1.68. The number of nitrogens with zero attached hydrogens (tertiary/aromatic N) is 3.